The summed E-state index contributed by atoms with van der Waals surface area (Å²) in [6, 6.07) is 13.0. The number of benzene rings is 2. The van der Waals surface area contributed by atoms with Crippen molar-refractivity contribution in [3.05, 3.63) is 59.1 Å². The Morgan fingerprint density at radius 2 is 1.79 bits per heavy atom. The molecule has 0 bridgehead atoms. The van der Waals surface area contributed by atoms with Crippen LogP contribution >= 0.6 is 11.3 Å². The quantitative estimate of drug-likeness (QED) is 0.638. The van der Waals surface area contributed by atoms with Crippen LogP contribution in [0.1, 0.15) is 15.4 Å². The molecule has 0 radical (unpaired) electrons. The van der Waals surface area contributed by atoms with E-state index in [2.05, 4.69) is 10.3 Å². The molecule has 0 saturated heterocycles. The maximum absolute atomic E-state index is 13.5. The van der Waals surface area contributed by atoms with Gasteiger partial charge in [-0.25, -0.2) is 4.98 Å². The van der Waals surface area contributed by atoms with E-state index < -0.39 is 22.7 Å². The summed E-state index contributed by atoms with van der Waals surface area (Å²) in [7, 11) is 2.82. The molecule has 0 unspecified atom stereocenters. The van der Waals surface area contributed by atoms with E-state index >= 15 is 0 Å². The van der Waals surface area contributed by atoms with Crippen LogP contribution in [0, 0.1) is 0 Å². The normalized spacial score (nSPS) is 11.2. The highest BCUT2D eigenvalue weighted by Gasteiger charge is 2.40. The van der Waals surface area contributed by atoms with Crippen molar-refractivity contribution in [2.24, 2.45) is 0 Å². The third-order valence-corrected chi connectivity index (χ3v) is 4.88. The van der Waals surface area contributed by atoms with Crippen molar-refractivity contribution in [2.75, 3.05) is 19.5 Å². The van der Waals surface area contributed by atoms with Crippen LogP contribution in [0.2, 0.25) is 0 Å². The maximum atomic E-state index is 13.5. The molecule has 5 nitrogen and oxygen atoms in total. The number of hydrogen-bond acceptors (Lipinski definition) is 5. The minimum absolute atomic E-state index is 0.107. The SMILES string of the molecule is COc1ccc(OC)c(NC(=O)c2sc(-c3ccccc3)nc2C(F)(F)F)c1. The third-order valence-electron chi connectivity index (χ3n) is 3.78. The zero-order valence-electron chi connectivity index (χ0n) is 14.8. The Morgan fingerprint density at radius 3 is 2.39 bits per heavy atom. The van der Waals surface area contributed by atoms with Gasteiger partial charge in [0.05, 0.1) is 19.9 Å². The van der Waals surface area contributed by atoms with Crippen molar-refractivity contribution in [3.8, 4) is 22.1 Å². The summed E-state index contributed by atoms with van der Waals surface area (Å²) in [5.41, 5.74) is -0.540. The number of nitrogens with zero attached hydrogens (tertiary/aromatic N) is 1. The van der Waals surface area contributed by atoms with Crippen LogP contribution in [-0.2, 0) is 6.18 Å². The highest BCUT2D eigenvalue weighted by molar-refractivity contribution is 7.17. The van der Waals surface area contributed by atoms with Crippen molar-refractivity contribution in [2.45, 2.75) is 6.18 Å². The molecular formula is C19H15F3N2O3S. The molecule has 1 heterocycles. The highest BCUT2D eigenvalue weighted by Crippen LogP contribution is 2.38. The number of methoxy groups -OCH3 is 2. The van der Waals surface area contributed by atoms with E-state index in [1.807, 2.05) is 0 Å². The first-order valence-electron chi connectivity index (χ1n) is 8.00. The van der Waals surface area contributed by atoms with Gasteiger partial charge in [-0.2, -0.15) is 13.2 Å². The smallest absolute Gasteiger partial charge is 0.435 e. The van der Waals surface area contributed by atoms with Gasteiger partial charge in [0.1, 0.15) is 21.4 Å². The van der Waals surface area contributed by atoms with Gasteiger partial charge in [-0.3, -0.25) is 4.79 Å². The monoisotopic (exact) mass is 408 g/mol. The van der Waals surface area contributed by atoms with Crippen LogP contribution in [0.25, 0.3) is 10.6 Å². The molecule has 0 saturated carbocycles. The van der Waals surface area contributed by atoms with Crippen LogP contribution in [0.15, 0.2) is 48.5 Å². The van der Waals surface area contributed by atoms with Crippen LogP contribution < -0.4 is 14.8 Å². The van der Waals surface area contributed by atoms with E-state index in [4.69, 9.17) is 9.47 Å². The topological polar surface area (TPSA) is 60.5 Å². The average Bonchev–Trinajstić information content (AvgIpc) is 3.15. The summed E-state index contributed by atoms with van der Waals surface area (Å²) in [5.74, 6) is -0.226. The molecule has 0 aliphatic heterocycles. The number of nitrogens with one attached hydrogen (secondary N) is 1. The lowest BCUT2D eigenvalue weighted by Crippen LogP contribution is -2.17. The Hall–Kier alpha value is -3.07. The number of carbonyl (C=O) groups is 1. The Balaban J connectivity index is 2.01. The van der Waals surface area contributed by atoms with Gasteiger partial charge in [-0.15, -0.1) is 11.3 Å². The lowest BCUT2D eigenvalue weighted by Gasteiger charge is -2.12. The van der Waals surface area contributed by atoms with Crippen molar-refractivity contribution in [3.63, 3.8) is 0 Å². The lowest BCUT2D eigenvalue weighted by molar-refractivity contribution is -0.140. The number of amides is 1. The minimum atomic E-state index is -4.77. The van der Waals surface area contributed by atoms with E-state index in [0.29, 0.717) is 22.6 Å². The van der Waals surface area contributed by atoms with Crippen molar-refractivity contribution in [1.82, 2.24) is 4.98 Å². The van der Waals surface area contributed by atoms with E-state index in [1.54, 1.807) is 42.5 Å². The number of alkyl halides is 3. The van der Waals surface area contributed by atoms with Crippen LogP contribution in [0.5, 0.6) is 11.5 Å². The van der Waals surface area contributed by atoms with Crippen molar-refractivity contribution in [1.29, 1.82) is 0 Å². The van der Waals surface area contributed by atoms with Crippen LogP contribution in [0.4, 0.5) is 18.9 Å². The molecule has 0 spiro atoms. The summed E-state index contributed by atoms with van der Waals surface area (Å²) in [6.07, 6.45) is -4.77. The molecule has 1 amide bonds. The molecular weight excluding hydrogens is 393 g/mol. The number of ether oxygens (including phenoxy) is 2. The Morgan fingerprint density at radius 1 is 1.07 bits per heavy atom. The van der Waals surface area contributed by atoms with Crippen molar-refractivity contribution < 1.29 is 27.4 Å². The van der Waals surface area contributed by atoms with Gasteiger partial charge in [-0.05, 0) is 12.1 Å². The molecule has 3 rings (SSSR count). The fourth-order valence-corrected chi connectivity index (χ4v) is 3.45. The summed E-state index contributed by atoms with van der Waals surface area (Å²) in [5, 5.41) is 2.56. The average molecular weight is 408 g/mol. The Labute approximate surface area is 162 Å². The fraction of sp³-hybridized carbons (Fsp3) is 0.158. The number of aromatic nitrogens is 1. The number of carbonyl (C=O) groups excluding carboxylic acids is 1. The van der Waals surface area contributed by atoms with Gasteiger partial charge in [-0.1, -0.05) is 30.3 Å². The molecule has 28 heavy (non-hydrogen) atoms. The van der Waals surface area contributed by atoms with Crippen LogP contribution in [-0.4, -0.2) is 25.1 Å². The van der Waals surface area contributed by atoms with E-state index in [0.717, 1.165) is 0 Å². The number of thiazole rings is 1. The molecule has 2 aromatic carbocycles. The standard InChI is InChI=1S/C19H15F3N2O3S/c1-26-12-8-9-14(27-2)13(10-12)23-17(25)15-16(19(20,21)22)24-18(28-15)11-6-4-3-5-7-11/h3-10H,1-2H3,(H,23,25). The summed E-state index contributed by atoms with van der Waals surface area (Å²) < 4.78 is 50.6. The van der Waals surface area contributed by atoms with Gasteiger partial charge in [0.25, 0.3) is 5.91 Å². The minimum Gasteiger partial charge on any atom is -0.497 e. The second-order valence-electron chi connectivity index (χ2n) is 5.58. The van der Waals surface area contributed by atoms with Gasteiger partial charge < -0.3 is 14.8 Å². The summed E-state index contributed by atoms with van der Waals surface area (Å²) in [4.78, 5) is 15.8. The summed E-state index contributed by atoms with van der Waals surface area (Å²) >= 11 is 0.675. The third kappa shape index (κ3) is 4.09. The maximum Gasteiger partial charge on any atom is 0.435 e. The molecule has 0 aliphatic carbocycles. The predicted molar refractivity (Wildman–Crippen MR) is 100 cm³/mol. The Kier molecular flexibility index (Phi) is 5.55. The molecule has 9 heteroatoms. The molecule has 0 fully saturated rings. The van der Waals surface area contributed by atoms with Crippen molar-refractivity contribution >= 4 is 22.9 Å². The number of hydrogen-bond donors (Lipinski definition) is 1. The number of anilines is 1. The first kappa shape index (κ1) is 19.7. The summed E-state index contributed by atoms with van der Waals surface area (Å²) in [6.45, 7) is 0. The number of halogens is 3. The molecule has 146 valence electrons. The highest BCUT2D eigenvalue weighted by atomic mass is 32.1. The molecule has 1 N–H and O–H groups in total. The van der Waals surface area contributed by atoms with Gasteiger partial charge in [0.15, 0.2) is 5.69 Å². The zero-order chi connectivity index (χ0) is 20.3. The van der Waals surface area contributed by atoms with Gasteiger partial charge in [0.2, 0.25) is 0 Å². The van der Waals surface area contributed by atoms with Gasteiger partial charge >= 0.3 is 6.18 Å². The largest absolute Gasteiger partial charge is 0.497 e. The van der Waals surface area contributed by atoms with Crippen LogP contribution in [0.3, 0.4) is 0 Å². The first-order valence-corrected chi connectivity index (χ1v) is 8.82. The van der Waals surface area contributed by atoms with E-state index in [-0.39, 0.29) is 16.4 Å². The van der Waals surface area contributed by atoms with E-state index in [1.165, 1.54) is 20.3 Å². The predicted octanol–water partition coefficient (Wildman–Crippen LogP) is 5.10. The van der Waals surface area contributed by atoms with E-state index in [9.17, 15) is 18.0 Å². The molecule has 3 aromatic rings. The first-order chi connectivity index (χ1) is 13.3. The molecule has 0 atom stereocenters. The number of rotatable bonds is 5. The zero-order valence-corrected chi connectivity index (χ0v) is 15.6. The fourth-order valence-electron chi connectivity index (χ4n) is 2.46. The molecule has 0 aliphatic rings. The lowest BCUT2D eigenvalue weighted by atomic mass is 10.2. The second-order valence-corrected chi connectivity index (χ2v) is 6.58. The van der Waals surface area contributed by atoms with Gasteiger partial charge in [0, 0.05) is 11.6 Å². The Bertz CT molecular complexity index is 988. The molecule has 1 aromatic heterocycles. The second kappa shape index (κ2) is 7.89.